The molecule has 0 aromatic heterocycles. The van der Waals surface area contributed by atoms with Gasteiger partial charge in [0.1, 0.15) is 78.6 Å². The number of carbonyl (C=O) groups is 11. The third-order valence-electron chi connectivity index (χ3n) is 13.2. The molecule has 0 saturated carbocycles. The fourth-order valence-corrected chi connectivity index (χ4v) is 8.97. The van der Waals surface area contributed by atoms with E-state index >= 15 is 0 Å². The number of phenolic OH excluding ortho intramolecular Hbond substituents is 1. The van der Waals surface area contributed by atoms with Gasteiger partial charge in [0.25, 0.3) is 0 Å². The number of amides is 9. The second-order valence-corrected chi connectivity index (χ2v) is 21.2. The van der Waals surface area contributed by atoms with Crippen molar-refractivity contribution in [2.45, 2.75) is 206 Å². The van der Waals surface area contributed by atoms with Crippen LogP contribution in [0.2, 0.25) is 5.02 Å². The maximum Gasteiger partial charge on any atom is 0.329 e. The molecule has 2 aliphatic heterocycles. The molecule has 78 heavy (non-hydrogen) atoms. The Kier molecular flexibility index (Phi) is 25.2. The quantitative estimate of drug-likeness (QED) is 0.0797. The molecule has 3 unspecified atom stereocenters. The molecule has 0 radical (unpaired) electrons. The van der Waals surface area contributed by atoms with Crippen molar-refractivity contribution >= 4 is 76.7 Å². The fourth-order valence-electron chi connectivity index (χ4n) is 8.77. The summed E-state index contributed by atoms with van der Waals surface area (Å²) in [6, 6.07) is -10.2. The summed E-state index contributed by atoms with van der Waals surface area (Å²) in [4.78, 5) is 155. The minimum absolute atomic E-state index is 0.0657. The first-order chi connectivity index (χ1) is 36.4. The summed E-state index contributed by atoms with van der Waals surface area (Å²) in [5.41, 5.74) is 0.307. The number of piperidine rings is 1. The predicted octanol–water partition coefficient (Wildman–Crippen LogP) is -0.282. The van der Waals surface area contributed by atoms with E-state index in [9.17, 15) is 68.1 Å². The third-order valence-corrected chi connectivity index (χ3v) is 13.5. The molecule has 436 valence electrons. The molecule has 1 aromatic carbocycles. The number of aromatic hydroxyl groups is 1. The van der Waals surface area contributed by atoms with Gasteiger partial charge in [-0.2, -0.15) is 0 Å². The fraction of sp³-hybridized carbons (Fsp3) is 0.673. The molecule has 3 rings (SSSR count). The smallest absolute Gasteiger partial charge is 0.329 e. The minimum atomic E-state index is -1.96. The van der Waals surface area contributed by atoms with Gasteiger partial charge in [-0.05, 0) is 96.3 Å². The monoisotopic (exact) mass is 1120 g/mol. The van der Waals surface area contributed by atoms with Gasteiger partial charge in [0, 0.05) is 26.3 Å². The lowest BCUT2D eigenvalue weighted by Crippen LogP contribution is -2.67. The number of carbonyl (C=O) groups excluding carboxylic acids is 11. The van der Waals surface area contributed by atoms with Crippen molar-refractivity contribution in [3.8, 4) is 5.75 Å². The zero-order valence-electron chi connectivity index (χ0n) is 46.5. The number of halogens is 1. The van der Waals surface area contributed by atoms with E-state index in [1.807, 2.05) is 0 Å². The average Bonchev–Trinajstić information content (AvgIpc) is 3.35. The van der Waals surface area contributed by atoms with Crippen molar-refractivity contribution in [3.05, 3.63) is 28.8 Å². The average molecular weight is 1120 g/mol. The molecular weight excluding hydrogens is 1040 g/mol. The summed E-state index contributed by atoms with van der Waals surface area (Å²) in [6.07, 6.45) is -6.35. The molecule has 2 heterocycles. The van der Waals surface area contributed by atoms with Crippen molar-refractivity contribution in [1.82, 2.24) is 47.0 Å². The van der Waals surface area contributed by atoms with Crippen molar-refractivity contribution in [3.63, 3.8) is 0 Å². The van der Waals surface area contributed by atoms with Crippen molar-refractivity contribution in [1.29, 1.82) is 0 Å². The lowest BCUT2D eigenvalue weighted by Gasteiger charge is -2.43. The Hall–Kier alpha value is -6.60. The number of hydrogen-bond donors (Lipinski definition) is 10. The zero-order valence-corrected chi connectivity index (χ0v) is 47.2. The maximum absolute atomic E-state index is 14.8. The number of likely N-dealkylation sites (N-methyl/N-ethyl adjacent to an activating group) is 1. The first kappa shape index (κ1) is 65.7. The highest BCUT2D eigenvalue weighted by atomic mass is 35.5. The van der Waals surface area contributed by atoms with Gasteiger partial charge in [-0.1, -0.05) is 59.2 Å². The Morgan fingerprint density at radius 1 is 0.808 bits per heavy atom. The lowest BCUT2D eigenvalue weighted by atomic mass is 9.96. The molecule has 2 fully saturated rings. The summed E-state index contributed by atoms with van der Waals surface area (Å²) in [6.45, 7) is 16.3. The van der Waals surface area contributed by atoms with E-state index in [0.717, 1.165) is 4.90 Å². The number of phenols is 1. The van der Waals surface area contributed by atoms with Gasteiger partial charge in [-0.15, -0.1) is 0 Å². The molecule has 25 nitrogen and oxygen atoms in total. The van der Waals surface area contributed by atoms with Crippen LogP contribution in [0.5, 0.6) is 5.75 Å². The third kappa shape index (κ3) is 18.2. The SMILES string of the molecule is CCCC(=O)N[C@@H](C)C(=O)NC(C(=O)N[C@@H]1C(=O)N[C@@H](CC(C)C)C(=O)N[C@@H]2CC[C@@H](O)N(C2=O)[C@@H](C(C)O)C(=O)N(C)[C@@H](Cc2ccc(O)c(Cl)c2)C(=O)N[C@@H](C(C)C)C(=O)O[C@@H]1C)C(C)OC(=O)[C@H](C)NC(=O)CCC. The lowest BCUT2D eigenvalue weighted by molar-refractivity contribution is -0.170. The van der Waals surface area contributed by atoms with E-state index in [1.54, 1.807) is 27.7 Å². The molecule has 9 amide bonds. The largest absolute Gasteiger partial charge is 0.506 e. The number of esters is 2. The minimum Gasteiger partial charge on any atom is -0.506 e. The van der Waals surface area contributed by atoms with Crippen LogP contribution in [-0.4, -0.2) is 176 Å². The predicted molar refractivity (Wildman–Crippen MR) is 281 cm³/mol. The van der Waals surface area contributed by atoms with Gasteiger partial charge in [-0.25, -0.2) is 9.59 Å². The maximum atomic E-state index is 14.8. The van der Waals surface area contributed by atoms with Crippen LogP contribution in [0.3, 0.4) is 0 Å². The Morgan fingerprint density at radius 2 is 1.41 bits per heavy atom. The Morgan fingerprint density at radius 3 is 1.96 bits per heavy atom. The number of hydrogen-bond acceptors (Lipinski definition) is 16. The Labute approximate surface area is 459 Å². The molecule has 2 aliphatic rings. The van der Waals surface area contributed by atoms with Gasteiger partial charge in [0.15, 0.2) is 0 Å². The summed E-state index contributed by atoms with van der Waals surface area (Å²) in [7, 11) is 1.20. The molecule has 0 aliphatic carbocycles. The number of cyclic esters (lactones) is 1. The summed E-state index contributed by atoms with van der Waals surface area (Å²) in [5.74, 6) is -11.7. The summed E-state index contributed by atoms with van der Waals surface area (Å²) < 4.78 is 11.5. The highest BCUT2D eigenvalue weighted by Gasteiger charge is 2.48. The van der Waals surface area contributed by atoms with Crippen LogP contribution in [0.15, 0.2) is 18.2 Å². The van der Waals surface area contributed by atoms with E-state index < -0.39 is 150 Å². The van der Waals surface area contributed by atoms with Gasteiger partial charge in [0.05, 0.1) is 11.1 Å². The normalized spacial score (nSPS) is 24.8. The van der Waals surface area contributed by atoms with Gasteiger partial charge in [-0.3, -0.25) is 43.2 Å². The van der Waals surface area contributed by atoms with Crippen molar-refractivity contribution < 1.29 is 77.5 Å². The van der Waals surface area contributed by atoms with Crippen molar-refractivity contribution in [2.24, 2.45) is 11.8 Å². The second kappa shape index (κ2) is 30.0. The first-order valence-electron chi connectivity index (χ1n) is 26.4. The Bertz CT molecular complexity index is 2350. The number of benzene rings is 1. The van der Waals surface area contributed by atoms with Gasteiger partial charge >= 0.3 is 11.9 Å². The molecule has 2 saturated heterocycles. The topological polar surface area (TPSA) is 358 Å². The molecular formula is C52H80ClN9O16. The molecule has 10 N–H and O–H groups in total. The summed E-state index contributed by atoms with van der Waals surface area (Å²) in [5, 5.41) is 50.3. The number of fused-ring (bicyclic) bond motifs is 2. The first-order valence-corrected chi connectivity index (χ1v) is 26.8. The van der Waals surface area contributed by atoms with Gasteiger partial charge in [0.2, 0.25) is 53.2 Å². The number of aliphatic hydroxyl groups excluding tert-OH is 2. The van der Waals surface area contributed by atoms with E-state index in [4.69, 9.17) is 21.1 Å². The van der Waals surface area contributed by atoms with Crippen LogP contribution >= 0.6 is 11.6 Å². The standard InChI is InChI=1S/C52H80ClN9O16/c1-13-15-37(65)54-26(7)44(68)59-42(29(10)77-51(75)27(8)55-38(66)16-14-2)48(72)60-41-30(11)78-52(76)40(25(5)6)58-46(70)35(23-31-17-19-36(64)32(53)22-31)61(12)50(74)43(28(9)63)62-39(67)20-18-33(49(62)73)56-45(69)34(21-24(3)4)57-47(41)71/h17,19,22,24-30,33-35,39-43,63-64,67H,13-16,18,20-21,23H2,1-12H3,(H,54,65)(H,55,66)(H,56,69)(H,57,71)(H,58,70)(H,59,68)(H,60,72)/t26-,27-,28?,29?,30+,33+,34-,35-,39+,40-,41-,42?,43-/m0/s1. The highest BCUT2D eigenvalue weighted by Crippen LogP contribution is 2.27. The molecule has 26 heteroatoms. The number of ether oxygens (including phenoxy) is 2. The zero-order chi connectivity index (χ0) is 59.0. The number of aliphatic hydroxyl groups is 2. The van der Waals surface area contributed by atoms with E-state index in [2.05, 4.69) is 37.2 Å². The molecule has 13 atom stereocenters. The number of rotatable bonds is 19. The van der Waals surface area contributed by atoms with Crippen LogP contribution in [-0.2, 0) is 68.6 Å². The number of nitrogens with zero attached hydrogens (tertiary/aromatic N) is 2. The van der Waals surface area contributed by atoms with Crippen LogP contribution in [0.4, 0.5) is 0 Å². The van der Waals surface area contributed by atoms with E-state index in [-0.39, 0.29) is 55.2 Å². The number of nitrogens with one attached hydrogen (secondary N) is 7. The van der Waals surface area contributed by atoms with Crippen molar-refractivity contribution in [2.75, 3.05) is 7.05 Å². The second-order valence-electron chi connectivity index (χ2n) is 20.8. The molecule has 0 spiro atoms. The van der Waals surface area contributed by atoms with Crippen LogP contribution in [0.25, 0.3) is 0 Å². The van der Waals surface area contributed by atoms with Crippen LogP contribution < -0.4 is 37.2 Å². The van der Waals surface area contributed by atoms with E-state index in [1.165, 1.54) is 73.7 Å². The van der Waals surface area contributed by atoms with E-state index in [0.29, 0.717) is 23.3 Å². The molecule has 1 aromatic rings. The molecule has 2 bridgehead atoms. The Balaban J connectivity index is 2.26. The van der Waals surface area contributed by atoms with Crippen LogP contribution in [0, 0.1) is 11.8 Å². The highest BCUT2D eigenvalue weighted by molar-refractivity contribution is 6.32. The van der Waals surface area contributed by atoms with Crippen LogP contribution in [0.1, 0.15) is 127 Å². The summed E-state index contributed by atoms with van der Waals surface area (Å²) >= 11 is 6.23. The van der Waals surface area contributed by atoms with Gasteiger partial charge < -0.3 is 71.8 Å².